The van der Waals surface area contributed by atoms with Gasteiger partial charge in [-0.15, -0.1) is 13.2 Å². The Morgan fingerprint density at radius 3 is 2.55 bits per heavy atom. The summed E-state index contributed by atoms with van der Waals surface area (Å²) in [4.78, 5) is 4.39. The van der Waals surface area contributed by atoms with Gasteiger partial charge in [0.2, 0.25) is 0 Å². The SMILES string of the molecule is Cn1cnc2c(-c3ccc(OC(F)(F)F)cc3)cc(CN)c(C#C[C@H](O)CO)c21. The summed E-state index contributed by atoms with van der Waals surface area (Å²) in [5.41, 5.74) is 9.67. The number of halogens is 3. The summed E-state index contributed by atoms with van der Waals surface area (Å²) >= 11 is 0. The molecule has 0 aliphatic heterocycles. The van der Waals surface area contributed by atoms with E-state index in [2.05, 4.69) is 21.6 Å². The predicted molar refractivity (Wildman–Crippen MR) is 101 cm³/mol. The highest BCUT2D eigenvalue weighted by Gasteiger charge is 2.31. The molecule has 0 aliphatic rings. The largest absolute Gasteiger partial charge is 0.573 e. The Kier molecular flexibility index (Phi) is 5.79. The first kappa shape index (κ1) is 20.7. The molecule has 3 aromatic rings. The minimum atomic E-state index is -4.76. The maximum absolute atomic E-state index is 12.4. The van der Waals surface area contributed by atoms with Crippen LogP contribution in [-0.2, 0) is 13.6 Å². The topological polar surface area (TPSA) is 93.5 Å². The first-order valence-electron chi connectivity index (χ1n) is 8.57. The molecule has 0 spiro atoms. The van der Waals surface area contributed by atoms with Gasteiger partial charge in [-0.2, -0.15) is 0 Å². The van der Waals surface area contributed by atoms with E-state index in [0.717, 1.165) is 0 Å². The van der Waals surface area contributed by atoms with Gasteiger partial charge in [0.25, 0.3) is 0 Å². The molecule has 0 aliphatic carbocycles. The van der Waals surface area contributed by atoms with Crippen molar-refractivity contribution >= 4 is 11.0 Å². The highest BCUT2D eigenvalue weighted by atomic mass is 19.4. The molecule has 9 heteroatoms. The minimum Gasteiger partial charge on any atom is -0.406 e. The molecule has 152 valence electrons. The Morgan fingerprint density at radius 1 is 1.28 bits per heavy atom. The molecule has 6 nitrogen and oxygen atoms in total. The second-order valence-corrected chi connectivity index (χ2v) is 6.25. The van der Waals surface area contributed by atoms with Crippen LogP contribution in [0, 0.1) is 11.8 Å². The lowest BCUT2D eigenvalue weighted by Crippen LogP contribution is -2.16. The third-order valence-electron chi connectivity index (χ3n) is 4.22. The Morgan fingerprint density at radius 2 is 1.97 bits per heavy atom. The maximum Gasteiger partial charge on any atom is 0.573 e. The van der Waals surface area contributed by atoms with E-state index in [9.17, 15) is 18.3 Å². The van der Waals surface area contributed by atoms with E-state index in [-0.39, 0.29) is 12.3 Å². The number of nitrogens with two attached hydrogens (primary N) is 1. The number of nitrogens with zero attached hydrogens (tertiary/aromatic N) is 2. The van der Waals surface area contributed by atoms with Crippen molar-refractivity contribution in [1.29, 1.82) is 0 Å². The highest BCUT2D eigenvalue weighted by Crippen LogP contribution is 2.33. The molecule has 0 radical (unpaired) electrons. The van der Waals surface area contributed by atoms with Crippen LogP contribution in [0.15, 0.2) is 36.7 Å². The quantitative estimate of drug-likeness (QED) is 0.580. The van der Waals surface area contributed by atoms with Gasteiger partial charge in [0, 0.05) is 19.2 Å². The average molecular weight is 405 g/mol. The van der Waals surface area contributed by atoms with Crippen molar-refractivity contribution in [3.63, 3.8) is 0 Å². The van der Waals surface area contributed by atoms with Crippen LogP contribution in [0.5, 0.6) is 5.75 Å². The standard InChI is InChI=1S/C20H18F3N3O3/c1-26-11-25-18-17(12-2-5-15(6-3-12)29-20(21,22)23)8-13(9-24)16(19(18)26)7-4-14(28)10-27/h2-3,5-6,8,11,14,27-28H,9-10,24H2,1H3/t14-/m0/s1. The number of aliphatic hydroxyl groups excluding tert-OH is 2. The van der Waals surface area contributed by atoms with Crippen LogP contribution in [0.3, 0.4) is 0 Å². The number of alkyl halides is 3. The summed E-state index contributed by atoms with van der Waals surface area (Å²) in [6.45, 7) is -0.355. The van der Waals surface area contributed by atoms with Crippen LogP contribution in [-0.4, -0.2) is 38.8 Å². The monoisotopic (exact) mass is 405 g/mol. The summed E-state index contributed by atoms with van der Waals surface area (Å²) in [6, 6.07) is 7.23. The lowest BCUT2D eigenvalue weighted by Gasteiger charge is -2.12. The Labute approximate surface area is 164 Å². The average Bonchev–Trinajstić information content (AvgIpc) is 3.06. The maximum atomic E-state index is 12.4. The molecule has 0 bridgehead atoms. The van der Waals surface area contributed by atoms with Gasteiger partial charge >= 0.3 is 6.36 Å². The number of imidazole rings is 1. The van der Waals surface area contributed by atoms with Crippen molar-refractivity contribution in [3.05, 3.63) is 47.8 Å². The van der Waals surface area contributed by atoms with E-state index in [1.54, 1.807) is 24.0 Å². The Hall–Kier alpha value is -3.06. The molecule has 2 aromatic carbocycles. The van der Waals surface area contributed by atoms with Crippen molar-refractivity contribution in [3.8, 4) is 28.7 Å². The van der Waals surface area contributed by atoms with Gasteiger partial charge in [-0.25, -0.2) is 4.98 Å². The number of aromatic nitrogens is 2. The van der Waals surface area contributed by atoms with E-state index < -0.39 is 19.1 Å². The number of rotatable bonds is 4. The van der Waals surface area contributed by atoms with Crippen LogP contribution in [0.2, 0.25) is 0 Å². The summed E-state index contributed by atoms with van der Waals surface area (Å²) in [5, 5.41) is 18.5. The van der Waals surface area contributed by atoms with E-state index in [1.807, 2.05) is 0 Å². The highest BCUT2D eigenvalue weighted by molar-refractivity contribution is 5.96. The van der Waals surface area contributed by atoms with Crippen LogP contribution >= 0.6 is 0 Å². The molecular weight excluding hydrogens is 387 g/mol. The molecular formula is C20H18F3N3O3. The molecule has 4 N–H and O–H groups in total. The van der Waals surface area contributed by atoms with Gasteiger partial charge in [0.1, 0.15) is 11.9 Å². The van der Waals surface area contributed by atoms with Gasteiger partial charge in [0.05, 0.1) is 29.5 Å². The zero-order valence-electron chi connectivity index (χ0n) is 15.4. The van der Waals surface area contributed by atoms with Gasteiger partial charge in [0.15, 0.2) is 0 Å². The predicted octanol–water partition coefficient (Wildman–Crippen LogP) is 2.30. The lowest BCUT2D eigenvalue weighted by atomic mass is 9.96. The second-order valence-electron chi connectivity index (χ2n) is 6.25. The first-order valence-corrected chi connectivity index (χ1v) is 8.57. The molecule has 1 atom stereocenters. The molecule has 29 heavy (non-hydrogen) atoms. The number of hydrogen-bond acceptors (Lipinski definition) is 5. The fourth-order valence-electron chi connectivity index (χ4n) is 2.95. The van der Waals surface area contributed by atoms with Crippen molar-refractivity contribution in [1.82, 2.24) is 9.55 Å². The number of hydrogen-bond donors (Lipinski definition) is 3. The smallest absolute Gasteiger partial charge is 0.406 e. The summed E-state index contributed by atoms with van der Waals surface area (Å²) < 4.78 is 42.8. The van der Waals surface area contributed by atoms with E-state index in [4.69, 9.17) is 10.8 Å². The van der Waals surface area contributed by atoms with Crippen LogP contribution in [0.1, 0.15) is 11.1 Å². The number of aliphatic hydroxyl groups is 2. The van der Waals surface area contributed by atoms with Gasteiger partial charge < -0.3 is 25.3 Å². The molecule has 1 aromatic heterocycles. The van der Waals surface area contributed by atoms with Gasteiger partial charge in [-0.1, -0.05) is 24.0 Å². The van der Waals surface area contributed by atoms with Gasteiger partial charge in [-0.3, -0.25) is 0 Å². The van der Waals surface area contributed by atoms with Gasteiger partial charge in [-0.05, 0) is 29.3 Å². The van der Waals surface area contributed by atoms with Crippen molar-refractivity contribution in [2.24, 2.45) is 12.8 Å². The summed E-state index contributed by atoms with van der Waals surface area (Å²) in [7, 11) is 1.77. The van der Waals surface area contributed by atoms with Crippen LogP contribution in [0.4, 0.5) is 13.2 Å². The van der Waals surface area contributed by atoms with E-state index in [0.29, 0.717) is 33.3 Å². The Bertz CT molecular complexity index is 1080. The molecule has 0 unspecified atom stereocenters. The molecule has 0 saturated heterocycles. The van der Waals surface area contributed by atoms with Crippen molar-refractivity contribution in [2.45, 2.75) is 19.0 Å². The molecule has 0 saturated carbocycles. The number of aryl methyl sites for hydroxylation is 1. The molecule has 3 rings (SSSR count). The normalized spacial score (nSPS) is 12.5. The first-order chi connectivity index (χ1) is 13.7. The zero-order valence-corrected chi connectivity index (χ0v) is 15.4. The van der Waals surface area contributed by atoms with E-state index in [1.165, 1.54) is 24.3 Å². The number of ether oxygens (including phenoxy) is 1. The van der Waals surface area contributed by atoms with E-state index >= 15 is 0 Å². The third kappa shape index (κ3) is 4.51. The fraction of sp³-hybridized carbons (Fsp3) is 0.250. The fourth-order valence-corrected chi connectivity index (χ4v) is 2.95. The van der Waals surface area contributed by atoms with Crippen LogP contribution in [0.25, 0.3) is 22.2 Å². The third-order valence-corrected chi connectivity index (χ3v) is 4.22. The summed E-state index contributed by atoms with van der Waals surface area (Å²) in [5.74, 6) is 5.09. The summed E-state index contributed by atoms with van der Waals surface area (Å²) in [6.07, 6.45) is -4.37. The molecule has 0 fully saturated rings. The van der Waals surface area contributed by atoms with Crippen molar-refractivity contribution < 1.29 is 28.1 Å². The Balaban J connectivity index is 2.14. The molecule has 1 heterocycles. The minimum absolute atomic E-state index is 0.141. The lowest BCUT2D eigenvalue weighted by molar-refractivity contribution is -0.274. The van der Waals surface area contributed by atoms with Crippen molar-refractivity contribution in [2.75, 3.05) is 6.61 Å². The second kappa shape index (κ2) is 8.13. The van der Waals surface area contributed by atoms with Crippen LogP contribution < -0.4 is 10.5 Å². The number of fused-ring (bicyclic) bond motifs is 1. The zero-order chi connectivity index (χ0) is 21.2. The number of benzene rings is 2. The molecule has 0 amide bonds.